The van der Waals surface area contributed by atoms with Gasteiger partial charge in [-0.3, -0.25) is 0 Å². The van der Waals surface area contributed by atoms with Crippen molar-refractivity contribution in [3.05, 3.63) is 198 Å². The molecule has 1 heterocycles. The molecule has 0 saturated heterocycles. The van der Waals surface area contributed by atoms with Crippen LogP contribution in [0.2, 0.25) is 0 Å². The second-order valence-corrected chi connectivity index (χ2v) is 14.3. The molecule has 10 aromatic rings. The third-order valence-electron chi connectivity index (χ3n) is 11.7. The van der Waals surface area contributed by atoms with Crippen molar-refractivity contribution < 1.29 is 0 Å². The third kappa shape index (κ3) is 3.75. The summed E-state index contributed by atoms with van der Waals surface area (Å²) in [4.78, 5) is 16.0. The van der Waals surface area contributed by atoms with Crippen molar-refractivity contribution in [1.82, 2.24) is 15.0 Å². The van der Waals surface area contributed by atoms with Gasteiger partial charge in [0.1, 0.15) is 0 Å². The molecule has 3 heteroatoms. The number of aromatic nitrogens is 3. The Morgan fingerprint density at radius 1 is 0.283 bits per heavy atom. The van der Waals surface area contributed by atoms with Crippen LogP contribution >= 0.6 is 0 Å². The van der Waals surface area contributed by atoms with Crippen molar-refractivity contribution >= 4 is 43.1 Å². The van der Waals surface area contributed by atoms with E-state index in [-0.39, 0.29) is 0 Å². The number of nitrogens with zero attached hydrogens (tertiary/aromatic N) is 3. The fourth-order valence-corrected chi connectivity index (χ4v) is 9.60. The fraction of sp³-hybridized carbons (Fsp3) is 0.0200. The van der Waals surface area contributed by atoms with E-state index in [1.165, 1.54) is 54.9 Å². The summed E-state index contributed by atoms with van der Waals surface area (Å²) in [5.41, 5.74) is 10.2. The summed E-state index contributed by atoms with van der Waals surface area (Å²) in [7, 11) is 0. The van der Waals surface area contributed by atoms with Gasteiger partial charge in [-0.05, 0) is 76.5 Å². The lowest BCUT2D eigenvalue weighted by Gasteiger charge is -2.31. The molecule has 0 atom stereocenters. The topological polar surface area (TPSA) is 38.7 Å². The zero-order chi connectivity index (χ0) is 34.7. The van der Waals surface area contributed by atoms with Crippen molar-refractivity contribution in [2.24, 2.45) is 0 Å². The molecule has 3 nitrogen and oxygen atoms in total. The van der Waals surface area contributed by atoms with Gasteiger partial charge >= 0.3 is 0 Å². The Hall–Kier alpha value is -6.97. The second-order valence-electron chi connectivity index (χ2n) is 14.3. The molecule has 0 unspecified atom stereocenters. The van der Waals surface area contributed by atoms with Gasteiger partial charge in [-0.15, -0.1) is 0 Å². The first-order chi connectivity index (χ1) is 26.3. The fourth-order valence-electron chi connectivity index (χ4n) is 9.60. The van der Waals surface area contributed by atoms with Crippen LogP contribution < -0.4 is 0 Å². The monoisotopic (exact) mass is 671 g/mol. The first-order valence-corrected chi connectivity index (χ1v) is 18.2. The first-order valence-electron chi connectivity index (χ1n) is 18.2. The van der Waals surface area contributed by atoms with Crippen LogP contribution in [0, 0.1) is 0 Å². The summed E-state index contributed by atoms with van der Waals surface area (Å²) in [6.45, 7) is 0. The highest BCUT2D eigenvalue weighted by atomic mass is 15.0. The van der Waals surface area contributed by atoms with E-state index < -0.39 is 5.41 Å². The smallest absolute Gasteiger partial charge is 0.164 e. The minimum atomic E-state index is -0.464. The van der Waals surface area contributed by atoms with Crippen molar-refractivity contribution in [3.8, 4) is 45.3 Å². The average Bonchev–Trinajstić information content (AvgIpc) is 3.71. The Morgan fingerprint density at radius 2 is 0.679 bits per heavy atom. The molecule has 53 heavy (non-hydrogen) atoms. The van der Waals surface area contributed by atoms with Crippen molar-refractivity contribution in [2.75, 3.05) is 0 Å². The number of benzene rings is 9. The molecule has 0 aliphatic heterocycles. The van der Waals surface area contributed by atoms with Gasteiger partial charge in [0.2, 0.25) is 0 Å². The Labute approximate surface area is 305 Å². The minimum Gasteiger partial charge on any atom is -0.208 e. The van der Waals surface area contributed by atoms with Gasteiger partial charge in [0, 0.05) is 16.7 Å². The van der Waals surface area contributed by atoms with E-state index in [2.05, 4.69) is 176 Å². The standard InChI is InChI=1S/C50H29N3/c1-3-18-34-30(12-1)14-7-21-36(34)47-51-48(37-22-8-15-31-13-2-4-19-35(31)37)53-49(52-47)39-23-11-27-43-46(39)38-20-5-6-24-40(38)50(43)41-25-9-16-32-28-29-33-17-10-26-42(50)45(33)44(32)41/h1-29H. The molecule has 9 aromatic carbocycles. The van der Waals surface area contributed by atoms with E-state index in [0.717, 1.165) is 38.2 Å². The van der Waals surface area contributed by atoms with Crippen LogP contribution in [-0.2, 0) is 5.41 Å². The van der Waals surface area contributed by atoms with Crippen LogP contribution in [0.1, 0.15) is 22.3 Å². The lowest BCUT2D eigenvalue weighted by Crippen LogP contribution is -2.26. The summed E-state index contributed by atoms with van der Waals surface area (Å²) < 4.78 is 0. The summed E-state index contributed by atoms with van der Waals surface area (Å²) in [6.07, 6.45) is 0. The lowest BCUT2D eigenvalue weighted by molar-refractivity contribution is 0.797. The largest absolute Gasteiger partial charge is 0.208 e. The molecule has 0 fully saturated rings. The summed E-state index contributed by atoms with van der Waals surface area (Å²) >= 11 is 0. The second kappa shape index (κ2) is 10.5. The van der Waals surface area contributed by atoms with E-state index in [9.17, 15) is 0 Å². The zero-order valence-electron chi connectivity index (χ0n) is 28.6. The van der Waals surface area contributed by atoms with Crippen LogP contribution in [0.25, 0.3) is 88.4 Å². The maximum Gasteiger partial charge on any atom is 0.164 e. The van der Waals surface area contributed by atoms with Crippen LogP contribution in [0.4, 0.5) is 0 Å². The molecule has 0 radical (unpaired) electrons. The molecule has 244 valence electrons. The molecule has 12 rings (SSSR count). The van der Waals surface area contributed by atoms with E-state index in [1.807, 2.05) is 0 Å². The molecule has 2 aliphatic carbocycles. The molecule has 0 amide bonds. The quantitative estimate of drug-likeness (QED) is 0.176. The minimum absolute atomic E-state index is 0.464. The average molecular weight is 672 g/mol. The third-order valence-corrected chi connectivity index (χ3v) is 11.7. The van der Waals surface area contributed by atoms with Gasteiger partial charge in [-0.25, -0.2) is 15.0 Å². The van der Waals surface area contributed by atoms with Crippen LogP contribution in [0.3, 0.4) is 0 Å². The van der Waals surface area contributed by atoms with Crippen molar-refractivity contribution in [1.29, 1.82) is 0 Å². The molecule has 0 saturated carbocycles. The van der Waals surface area contributed by atoms with Gasteiger partial charge < -0.3 is 0 Å². The lowest BCUT2D eigenvalue weighted by atomic mass is 9.70. The number of fused-ring (bicyclic) bond motifs is 9. The summed E-state index contributed by atoms with van der Waals surface area (Å²) in [5.74, 6) is 1.99. The van der Waals surface area contributed by atoms with Crippen LogP contribution in [0.5, 0.6) is 0 Å². The van der Waals surface area contributed by atoms with Crippen molar-refractivity contribution in [3.63, 3.8) is 0 Å². The highest BCUT2D eigenvalue weighted by Crippen LogP contribution is 2.63. The Morgan fingerprint density at radius 3 is 1.30 bits per heavy atom. The molecule has 1 spiro atoms. The Bertz CT molecular complexity index is 3020. The highest BCUT2D eigenvalue weighted by Gasteiger charge is 2.51. The predicted molar refractivity (Wildman–Crippen MR) is 217 cm³/mol. The van der Waals surface area contributed by atoms with Gasteiger partial charge in [-0.1, -0.05) is 176 Å². The summed E-state index contributed by atoms with van der Waals surface area (Å²) in [6, 6.07) is 63.6. The normalized spacial score (nSPS) is 13.4. The van der Waals surface area contributed by atoms with Gasteiger partial charge in [0.25, 0.3) is 0 Å². The summed E-state index contributed by atoms with van der Waals surface area (Å²) in [5, 5.41) is 9.79. The molecule has 2 aliphatic rings. The van der Waals surface area contributed by atoms with Crippen molar-refractivity contribution in [2.45, 2.75) is 5.41 Å². The number of rotatable bonds is 3. The molecule has 0 N–H and O–H groups in total. The maximum atomic E-state index is 5.39. The maximum absolute atomic E-state index is 5.39. The molecular weight excluding hydrogens is 643 g/mol. The van der Waals surface area contributed by atoms with E-state index in [4.69, 9.17) is 15.0 Å². The number of hydrogen-bond donors (Lipinski definition) is 0. The number of hydrogen-bond acceptors (Lipinski definition) is 3. The van der Waals surface area contributed by atoms with Gasteiger partial charge in [0.05, 0.1) is 5.41 Å². The van der Waals surface area contributed by atoms with Crippen LogP contribution in [-0.4, -0.2) is 15.0 Å². The zero-order valence-corrected chi connectivity index (χ0v) is 28.6. The molecule has 0 bridgehead atoms. The van der Waals surface area contributed by atoms with Gasteiger partial charge in [0.15, 0.2) is 17.5 Å². The molecular formula is C50H29N3. The van der Waals surface area contributed by atoms with E-state index in [0.29, 0.717) is 17.5 Å². The Kier molecular flexibility index (Phi) is 5.70. The van der Waals surface area contributed by atoms with E-state index >= 15 is 0 Å². The molecule has 1 aromatic heterocycles. The van der Waals surface area contributed by atoms with Crippen LogP contribution in [0.15, 0.2) is 176 Å². The highest BCUT2D eigenvalue weighted by molar-refractivity contribution is 6.17. The van der Waals surface area contributed by atoms with E-state index in [1.54, 1.807) is 0 Å². The van der Waals surface area contributed by atoms with Gasteiger partial charge in [-0.2, -0.15) is 0 Å². The predicted octanol–water partition coefficient (Wildman–Crippen LogP) is 12.2. The Balaban J connectivity index is 1.19. The SMILES string of the molecule is c1ccc2c(c1)-c1c(-c3nc(-c4cccc5ccccc45)nc(-c4cccc5ccccc45)n3)cccc1C21c2cccc3ccc4cccc1c4c23. The first kappa shape index (κ1) is 28.7.